The van der Waals surface area contributed by atoms with Crippen LogP contribution in [0.1, 0.15) is 47.9 Å². The summed E-state index contributed by atoms with van der Waals surface area (Å²) < 4.78 is 2.13. The van der Waals surface area contributed by atoms with E-state index in [-0.39, 0.29) is 12.1 Å². The Labute approximate surface area is 140 Å². The van der Waals surface area contributed by atoms with Crippen LogP contribution in [0.3, 0.4) is 0 Å². The standard InChI is InChI=1S/C16H23N5OS/c1-3-20-9-7-17-15(20)14-6-4-5-8-21(14)16(22)19-11-13-10-18-12(2)23-13/h7,9-10,14H,3-6,8,11H2,1-2H3,(H,19,22). The fraction of sp³-hybridized carbons (Fsp3) is 0.562. The van der Waals surface area contributed by atoms with E-state index in [4.69, 9.17) is 0 Å². The van der Waals surface area contributed by atoms with Crippen molar-refractivity contribution in [2.24, 2.45) is 0 Å². The molecule has 0 aromatic carbocycles. The predicted octanol–water partition coefficient (Wildman–Crippen LogP) is 3.10. The van der Waals surface area contributed by atoms with Crippen LogP contribution in [-0.2, 0) is 13.1 Å². The number of aryl methyl sites for hydroxylation is 2. The van der Waals surface area contributed by atoms with Crippen molar-refractivity contribution in [2.75, 3.05) is 6.54 Å². The molecule has 1 unspecified atom stereocenters. The van der Waals surface area contributed by atoms with Crippen LogP contribution >= 0.6 is 11.3 Å². The number of carbonyl (C=O) groups is 1. The van der Waals surface area contributed by atoms with Gasteiger partial charge >= 0.3 is 6.03 Å². The van der Waals surface area contributed by atoms with E-state index in [2.05, 4.69) is 26.8 Å². The van der Waals surface area contributed by atoms with Crippen molar-refractivity contribution < 1.29 is 4.79 Å². The molecule has 2 amide bonds. The number of piperidine rings is 1. The minimum absolute atomic E-state index is 0.00796. The number of hydrogen-bond acceptors (Lipinski definition) is 4. The average Bonchev–Trinajstić information content (AvgIpc) is 3.21. The van der Waals surface area contributed by atoms with Crippen LogP contribution in [0.2, 0.25) is 0 Å². The van der Waals surface area contributed by atoms with Crippen molar-refractivity contribution in [1.29, 1.82) is 0 Å². The van der Waals surface area contributed by atoms with Crippen molar-refractivity contribution in [3.05, 3.63) is 34.3 Å². The molecule has 7 heteroatoms. The number of carbonyl (C=O) groups excluding carboxylic acids is 1. The minimum atomic E-state index is -0.00796. The topological polar surface area (TPSA) is 63.1 Å². The SMILES string of the molecule is CCn1ccnc1C1CCCCN1C(=O)NCc1cnc(C)s1. The monoisotopic (exact) mass is 333 g/mol. The number of nitrogens with one attached hydrogen (secondary N) is 1. The molecule has 2 aromatic rings. The lowest BCUT2D eigenvalue weighted by molar-refractivity contribution is 0.145. The van der Waals surface area contributed by atoms with Gasteiger partial charge in [0.05, 0.1) is 17.6 Å². The van der Waals surface area contributed by atoms with E-state index < -0.39 is 0 Å². The lowest BCUT2D eigenvalue weighted by Gasteiger charge is -2.35. The van der Waals surface area contributed by atoms with E-state index in [0.717, 1.165) is 48.1 Å². The van der Waals surface area contributed by atoms with Gasteiger partial charge in [-0.2, -0.15) is 0 Å². The summed E-state index contributed by atoms with van der Waals surface area (Å²) in [5, 5.41) is 4.05. The van der Waals surface area contributed by atoms with Crippen molar-refractivity contribution in [1.82, 2.24) is 24.8 Å². The third kappa shape index (κ3) is 3.55. The summed E-state index contributed by atoms with van der Waals surface area (Å²) in [6, 6.07) is 0.0632. The van der Waals surface area contributed by atoms with Crippen LogP contribution in [-0.4, -0.2) is 32.0 Å². The molecule has 1 fully saturated rings. The van der Waals surface area contributed by atoms with Gasteiger partial charge in [0.2, 0.25) is 0 Å². The van der Waals surface area contributed by atoms with Crippen molar-refractivity contribution in [3.8, 4) is 0 Å². The summed E-state index contributed by atoms with van der Waals surface area (Å²) in [7, 11) is 0. The van der Waals surface area contributed by atoms with E-state index in [1.807, 2.05) is 30.4 Å². The highest BCUT2D eigenvalue weighted by molar-refractivity contribution is 7.11. The number of thiazole rings is 1. The van der Waals surface area contributed by atoms with E-state index >= 15 is 0 Å². The Hall–Kier alpha value is -1.89. The van der Waals surface area contributed by atoms with Gasteiger partial charge in [-0.3, -0.25) is 0 Å². The number of aromatic nitrogens is 3. The Morgan fingerprint density at radius 1 is 1.43 bits per heavy atom. The van der Waals surface area contributed by atoms with Gasteiger partial charge in [0, 0.05) is 36.6 Å². The molecule has 0 spiro atoms. The van der Waals surface area contributed by atoms with Gasteiger partial charge in [-0.05, 0) is 33.1 Å². The second-order valence-corrected chi connectivity index (χ2v) is 7.10. The molecule has 3 rings (SSSR count). The highest BCUT2D eigenvalue weighted by Crippen LogP contribution is 2.30. The third-order valence-corrected chi connectivity index (χ3v) is 5.15. The zero-order chi connectivity index (χ0) is 16.2. The maximum atomic E-state index is 12.6. The normalized spacial score (nSPS) is 18.2. The molecular weight excluding hydrogens is 310 g/mol. The van der Waals surface area contributed by atoms with E-state index in [9.17, 15) is 4.79 Å². The first-order chi connectivity index (χ1) is 11.2. The molecule has 124 valence electrons. The van der Waals surface area contributed by atoms with Gasteiger partial charge in [0.1, 0.15) is 5.82 Å². The van der Waals surface area contributed by atoms with Crippen molar-refractivity contribution in [3.63, 3.8) is 0 Å². The van der Waals surface area contributed by atoms with E-state index in [0.29, 0.717) is 6.54 Å². The van der Waals surface area contributed by atoms with Crippen molar-refractivity contribution in [2.45, 2.75) is 52.2 Å². The molecule has 0 saturated carbocycles. The number of likely N-dealkylation sites (tertiary alicyclic amines) is 1. The first-order valence-electron chi connectivity index (χ1n) is 8.16. The quantitative estimate of drug-likeness (QED) is 0.935. The molecule has 23 heavy (non-hydrogen) atoms. The zero-order valence-corrected chi connectivity index (χ0v) is 14.5. The lowest BCUT2D eigenvalue weighted by atomic mass is 10.0. The van der Waals surface area contributed by atoms with Gasteiger partial charge < -0.3 is 14.8 Å². The Morgan fingerprint density at radius 3 is 3.04 bits per heavy atom. The maximum absolute atomic E-state index is 12.6. The number of hydrogen-bond donors (Lipinski definition) is 1. The fourth-order valence-electron chi connectivity index (χ4n) is 3.08. The second kappa shape index (κ2) is 7.12. The van der Waals surface area contributed by atoms with Crippen LogP contribution in [0.25, 0.3) is 0 Å². The first kappa shape index (κ1) is 16.0. The van der Waals surface area contributed by atoms with Gasteiger partial charge in [-0.15, -0.1) is 11.3 Å². The molecule has 1 aliphatic heterocycles. The Balaban J connectivity index is 1.69. The number of imidazole rings is 1. The van der Waals surface area contributed by atoms with Crippen molar-refractivity contribution >= 4 is 17.4 Å². The minimum Gasteiger partial charge on any atom is -0.333 e. The van der Waals surface area contributed by atoms with E-state index in [1.165, 1.54) is 0 Å². The molecule has 2 aromatic heterocycles. The number of urea groups is 1. The predicted molar refractivity (Wildman–Crippen MR) is 90.3 cm³/mol. The lowest BCUT2D eigenvalue weighted by Crippen LogP contribution is -2.45. The molecule has 1 atom stereocenters. The van der Waals surface area contributed by atoms with Gasteiger partial charge in [0.15, 0.2) is 0 Å². The number of rotatable bonds is 4. The molecule has 0 aliphatic carbocycles. The van der Waals surface area contributed by atoms with Crippen LogP contribution in [0.15, 0.2) is 18.6 Å². The van der Waals surface area contributed by atoms with Crippen LogP contribution < -0.4 is 5.32 Å². The molecule has 6 nitrogen and oxygen atoms in total. The summed E-state index contributed by atoms with van der Waals surface area (Å²) in [4.78, 5) is 24.4. The van der Waals surface area contributed by atoms with Gasteiger partial charge in [0.25, 0.3) is 0 Å². The molecule has 1 N–H and O–H groups in total. The largest absolute Gasteiger partial charge is 0.333 e. The highest BCUT2D eigenvalue weighted by atomic mass is 32.1. The molecule has 1 saturated heterocycles. The first-order valence-corrected chi connectivity index (χ1v) is 8.97. The Morgan fingerprint density at radius 2 is 2.30 bits per heavy atom. The number of nitrogens with zero attached hydrogens (tertiary/aromatic N) is 4. The highest BCUT2D eigenvalue weighted by Gasteiger charge is 2.30. The average molecular weight is 333 g/mol. The van der Waals surface area contributed by atoms with Gasteiger partial charge in [-0.1, -0.05) is 0 Å². The molecular formula is C16H23N5OS. The summed E-state index contributed by atoms with van der Waals surface area (Å²) in [6.45, 7) is 6.28. The molecule has 0 radical (unpaired) electrons. The molecule has 1 aliphatic rings. The summed E-state index contributed by atoms with van der Waals surface area (Å²) in [5.74, 6) is 0.996. The Bertz CT molecular complexity index is 665. The third-order valence-electron chi connectivity index (χ3n) is 4.23. The summed E-state index contributed by atoms with van der Waals surface area (Å²) in [5.41, 5.74) is 0. The summed E-state index contributed by atoms with van der Waals surface area (Å²) in [6.07, 6.45) is 8.81. The molecule has 3 heterocycles. The van der Waals surface area contributed by atoms with Crippen LogP contribution in [0.5, 0.6) is 0 Å². The van der Waals surface area contributed by atoms with E-state index in [1.54, 1.807) is 11.3 Å². The maximum Gasteiger partial charge on any atom is 0.318 e. The molecule has 0 bridgehead atoms. The van der Waals surface area contributed by atoms with Crippen LogP contribution in [0.4, 0.5) is 4.79 Å². The fourth-order valence-corrected chi connectivity index (χ4v) is 3.81. The summed E-state index contributed by atoms with van der Waals surface area (Å²) >= 11 is 1.62. The van der Waals surface area contributed by atoms with Crippen LogP contribution in [0, 0.1) is 6.92 Å². The Kier molecular flexibility index (Phi) is 4.95. The second-order valence-electron chi connectivity index (χ2n) is 5.78. The van der Waals surface area contributed by atoms with Gasteiger partial charge in [-0.25, -0.2) is 14.8 Å². The number of amides is 2. The smallest absolute Gasteiger partial charge is 0.318 e. The zero-order valence-electron chi connectivity index (χ0n) is 13.7.